The fourth-order valence-electron chi connectivity index (χ4n) is 1.77. The van der Waals surface area contributed by atoms with Crippen LogP contribution in [0.5, 0.6) is 0 Å². The van der Waals surface area contributed by atoms with Crippen molar-refractivity contribution < 1.29 is 14.6 Å². The molecule has 0 rings (SSSR count). The monoisotopic (exact) mass is 380 g/mol. The van der Waals surface area contributed by atoms with Crippen molar-refractivity contribution in [2.45, 2.75) is 72.6 Å². The second kappa shape index (κ2) is 18.2. The standard InChI is InChI=1S/3C4H9.C3H6O3.Sn/c3*1-3-4-2;1-6-2-3(4)5;/h3*1,3-4H2,2H3;2H2,1H3,(H,4,5);/q;;;;+1/p-1. The normalized spacial score (nSPS) is 9.68. The molecule has 0 heterocycles. The van der Waals surface area contributed by atoms with Crippen molar-refractivity contribution in [3.63, 3.8) is 0 Å². The minimum absolute atomic E-state index is 0.319. The Morgan fingerprint density at radius 3 is 1.47 bits per heavy atom. The van der Waals surface area contributed by atoms with Crippen molar-refractivity contribution in [2.75, 3.05) is 13.7 Å². The van der Waals surface area contributed by atoms with Crippen LogP contribution in [0.2, 0.25) is 13.3 Å². The smallest absolute Gasteiger partial charge is 0.0857 e. The van der Waals surface area contributed by atoms with Crippen LogP contribution in [-0.2, 0) is 9.53 Å². The summed E-state index contributed by atoms with van der Waals surface area (Å²) in [5, 5.41) is 9.36. The molecule has 4 heteroatoms. The van der Waals surface area contributed by atoms with Crippen LogP contribution in [0, 0.1) is 0 Å². The average Bonchev–Trinajstić information content (AvgIpc) is 2.38. The number of methoxy groups -OCH3 is 1. The quantitative estimate of drug-likeness (QED) is 0.518. The number of carbonyl (C=O) groups excluding carboxylic acids is 1. The summed E-state index contributed by atoms with van der Waals surface area (Å²) in [5.74, 6) is -1.18. The number of hydrogen-bond acceptors (Lipinski definition) is 3. The second-order valence-corrected chi connectivity index (χ2v) is 13.4. The summed E-state index contributed by atoms with van der Waals surface area (Å²) in [6, 6.07) is 0. The van der Waals surface area contributed by atoms with Gasteiger partial charge < -0.3 is 14.6 Å². The number of rotatable bonds is 11. The van der Waals surface area contributed by atoms with Crippen molar-refractivity contribution in [2.24, 2.45) is 0 Å². The molecule has 0 aliphatic carbocycles. The average molecular weight is 379 g/mol. The van der Waals surface area contributed by atoms with Crippen LogP contribution < -0.4 is 5.11 Å². The van der Waals surface area contributed by atoms with Gasteiger partial charge in [0.05, 0.1) is 12.6 Å². The van der Waals surface area contributed by atoms with E-state index in [1.54, 1.807) is 13.3 Å². The Bertz CT molecular complexity index is 167. The molecular formula is C15H32O3Sn. The summed E-state index contributed by atoms with van der Waals surface area (Å²) in [6.07, 6.45) is 8.85. The number of unbranched alkanes of at least 4 members (excludes halogenated alkanes) is 3. The van der Waals surface area contributed by atoms with Crippen LogP contribution in [0.3, 0.4) is 0 Å². The van der Waals surface area contributed by atoms with E-state index >= 15 is 0 Å². The van der Waals surface area contributed by atoms with Crippen LogP contribution in [0.1, 0.15) is 59.3 Å². The maximum atomic E-state index is 9.36. The predicted octanol–water partition coefficient (Wildman–Crippen LogP) is 3.26. The molecule has 0 radical (unpaired) electrons. The van der Waals surface area contributed by atoms with Crippen LogP contribution in [0.25, 0.3) is 0 Å². The number of hydrogen-bond donors (Lipinski definition) is 0. The third-order valence-electron chi connectivity index (χ3n) is 2.91. The zero-order valence-corrected chi connectivity index (χ0v) is 16.1. The minimum Gasteiger partial charge on any atom is -0.548 e. The van der Waals surface area contributed by atoms with Gasteiger partial charge in [-0.3, -0.25) is 0 Å². The van der Waals surface area contributed by atoms with Crippen molar-refractivity contribution >= 4 is 25.7 Å². The van der Waals surface area contributed by atoms with Crippen molar-refractivity contribution in [3.05, 3.63) is 0 Å². The summed E-state index contributed by atoms with van der Waals surface area (Å²) in [5.41, 5.74) is 0. The molecule has 114 valence electrons. The van der Waals surface area contributed by atoms with Gasteiger partial charge >= 0.3 is 92.4 Å². The largest absolute Gasteiger partial charge is 0.548 e. The first-order valence-electron chi connectivity index (χ1n) is 7.64. The molecule has 0 fully saturated rings. The molecule has 0 aromatic heterocycles. The molecule has 19 heavy (non-hydrogen) atoms. The fraction of sp³-hybridized carbons (Fsp3) is 0.933. The number of carboxylic acid groups (broad SMARTS) is 1. The number of aliphatic carboxylic acids is 1. The molecule has 0 saturated carbocycles. The first-order valence-corrected chi connectivity index (χ1v) is 13.7. The minimum atomic E-state index is -1.18. The molecule has 0 spiro atoms. The third-order valence-corrected chi connectivity index (χ3v) is 12.0. The van der Waals surface area contributed by atoms with E-state index in [9.17, 15) is 9.90 Å². The molecule has 0 aliphatic rings. The SMILES string of the molecule is CCC[CH2][Sn+]([CH2]CCC)[CH2]CCC.COCC(=O)[O-]. The summed E-state index contributed by atoms with van der Waals surface area (Å²) < 4.78 is 9.18. The predicted molar refractivity (Wildman–Crippen MR) is 81.8 cm³/mol. The van der Waals surface area contributed by atoms with Crippen LogP contribution in [0.15, 0.2) is 0 Å². The third kappa shape index (κ3) is 20.7. The van der Waals surface area contributed by atoms with Crippen molar-refractivity contribution in [3.8, 4) is 0 Å². The molecule has 0 atom stereocenters. The maximum absolute atomic E-state index is 9.36. The Kier molecular flexibility index (Phi) is 20.7. The van der Waals surface area contributed by atoms with Crippen LogP contribution >= 0.6 is 0 Å². The van der Waals surface area contributed by atoms with E-state index in [1.165, 1.54) is 45.6 Å². The van der Waals surface area contributed by atoms with Gasteiger partial charge in [0.25, 0.3) is 0 Å². The molecule has 0 aromatic carbocycles. The van der Waals surface area contributed by atoms with Gasteiger partial charge in [-0.05, 0) is 0 Å². The van der Waals surface area contributed by atoms with Gasteiger partial charge in [-0.25, -0.2) is 0 Å². The molecule has 0 saturated heterocycles. The molecule has 0 bridgehead atoms. The molecule has 0 N–H and O–H groups in total. The van der Waals surface area contributed by atoms with Gasteiger partial charge in [0.2, 0.25) is 0 Å². The molecular weight excluding hydrogens is 347 g/mol. The zero-order chi connectivity index (χ0) is 14.9. The molecule has 0 aliphatic heterocycles. The summed E-state index contributed by atoms with van der Waals surface area (Å²) in [4.78, 5) is 9.36. The number of carboxylic acids is 1. The van der Waals surface area contributed by atoms with Crippen molar-refractivity contribution in [1.82, 2.24) is 0 Å². The first-order chi connectivity index (χ1) is 9.12. The molecule has 3 nitrogen and oxygen atoms in total. The fourth-order valence-corrected chi connectivity index (χ4v) is 11.2. The van der Waals surface area contributed by atoms with E-state index < -0.39 is 25.7 Å². The molecule has 0 amide bonds. The Morgan fingerprint density at radius 1 is 0.947 bits per heavy atom. The van der Waals surface area contributed by atoms with Gasteiger partial charge in [0, 0.05) is 7.11 Å². The molecule has 0 unspecified atom stereocenters. The van der Waals surface area contributed by atoms with E-state index in [4.69, 9.17) is 0 Å². The van der Waals surface area contributed by atoms with Gasteiger partial charge in [-0.2, -0.15) is 0 Å². The summed E-state index contributed by atoms with van der Waals surface area (Å²) in [7, 11) is 1.30. The van der Waals surface area contributed by atoms with Gasteiger partial charge in [0.1, 0.15) is 0 Å². The Labute approximate surface area is 126 Å². The summed E-state index contributed by atoms with van der Waals surface area (Å²) in [6.45, 7) is 6.68. The Morgan fingerprint density at radius 2 is 1.32 bits per heavy atom. The second-order valence-electron chi connectivity index (χ2n) is 4.87. The van der Waals surface area contributed by atoms with Gasteiger partial charge in [-0.1, -0.05) is 0 Å². The zero-order valence-electron chi connectivity index (χ0n) is 13.3. The van der Waals surface area contributed by atoms with Crippen LogP contribution in [-0.4, -0.2) is 39.4 Å². The number of ether oxygens (including phenoxy) is 1. The topological polar surface area (TPSA) is 49.4 Å². The van der Waals surface area contributed by atoms with Gasteiger partial charge in [0.15, 0.2) is 0 Å². The summed E-state index contributed by atoms with van der Waals surface area (Å²) >= 11 is -0.839. The van der Waals surface area contributed by atoms with E-state index in [1.807, 2.05) is 0 Å². The van der Waals surface area contributed by atoms with E-state index in [-0.39, 0.29) is 6.61 Å². The Balaban J connectivity index is 0. The molecule has 0 aromatic rings. The first kappa shape index (κ1) is 21.5. The van der Waals surface area contributed by atoms with E-state index in [0.717, 1.165) is 0 Å². The Hall–Kier alpha value is 0.229. The van der Waals surface area contributed by atoms with E-state index in [0.29, 0.717) is 0 Å². The van der Waals surface area contributed by atoms with Crippen molar-refractivity contribution in [1.29, 1.82) is 0 Å². The van der Waals surface area contributed by atoms with Gasteiger partial charge in [-0.15, -0.1) is 0 Å². The maximum Gasteiger partial charge on any atom is 0.0857 e. The van der Waals surface area contributed by atoms with Crippen LogP contribution in [0.4, 0.5) is 0 Å². The van der Waals surface area contributed by atoms with E-state index in [2.05, 4.69) is 25.5 Å². The number of carbonyl (C=O) groups is 1.